The van der Waals surface area contributed by atoms with Gasteiger partial charge in [-0.1, -0.05) is 31.5 Å². The number of amides is 3. The average Bonchev–Trinajstić information content (AvgIpc) is 3.41. The fourth-order valence-corrected chi connectivity index (χ4v) is 2.57. The van der Waals surface area contributed by atoms with Gasteiger partial charge in [-0.25, -0.2) is 4.79 Å². The zero-order chi connectivity index (χ0) is 17.6. The molecule has 0 saturated heterocycles. The van der Waals surface area contributed by atoms with E-state index in [1.54, 1.807) is 24.3 Å². The molecular formula is C20H23N3O2. The van der Waals surface area contributed by atoms with E-state index >= 15 is 0 Å². The molecule has 0 atom stereocenters. The first-order chi connectivity index (χ1) is 12.1. The number of carbonyl (C=O) groups is 2. The van der Waals surface area contributed by atoms with Crippen molar-refractivity contribution in [3.05, 3.63) is 59.7 Å². The van der Waals surface area contributed by atoms with Gasteiger partial charge in [-0.15, -0.1) is 0 Å². The van der Waals surface area contributed by atoms with Crippen LogP contribution in [0, 0.1) is 0 Å². The van der Waals surface area contributed by atoms with E-state index < -0.39 is 0 Å². The molecule has 5 heteroatoms. The van der Waals surface area contributed by atoms with Gasteiger partial charge in [0.15, 0.2) is 0 Å². The highest BCUT2D eigenvalue weighted by atomic mass is 16.2. The van der Waals surface area contributed by atoms with E-state index in [0.29, 0.717) is 17.3 Å². The zero-order valence-corrected chi connectivity index (χ0v) is 14.3. The second-order valence-electron chi connectivity index (χ2n) is 6.35. The smallest absolute Gasteiger partial charge is 0.319 e. The Labute approximate surface area is 147 Å². The lowest BCUT2D eigenvalue weighted by atomic mass is 10.1. The van der Waals surface area contributed by atoms with E-state index in [9.17, 15) is 9.59 Å². The van der Waals surface area contributed by atoms with Crippen molar-refractivity contribution >= 4 is 23.3 Å². The number of urea groups is 1. The SMILES string of the molecule is CCCc1ccc(NC(=O)c2cccc(NC(=O)NC3CC3)c2)cc1. The maximum Gasteiger partial charge on any atom is 0.319 e. The van der Waals surface area contributed by atoms with Crippen molar-refractivity contribution in [2.24, 2.45) is 0 Å². The maximum atomic E-state index is 12.4. The van der Waals surface area contributed by atoms with Crippen molar-refractivity contribution in [3.8, 4) is 0 Å². The van der Waals surface area contributed by atoms with E-state index in [0.717, 1.165) is 31.4 Å². The number of nitrogens with one attached hydrogen (secondary N) is 3. The van der Waals surface area contributed by atoms with E-state index in [2.05, 4.69) is 22.9 Å². The van der Waals surface area contributed by atoms with Gasteiger partial charge in [0.1, 0.15) is 0 Å². The molecule has 0 unspecified atom stereocenters. The quantitative estimate of drug-likeness (QED) is 0.740. The molecule has 3 rings (SSSR count). The molecule has 2 aromatic rings. The van der Waals surface area contributed by atoms with Crippen LogP contribution in [0.15, 0.2) is 48.5 Å². The standard InChI is InChI=1S/C20H23N3O2/c1-2-4-14-7-9-16(10-8-14)21-19(24)15-5-3-6-18(13-15)23-20(25)22-17-11-12-17/h3,5-10,13,17H,2,4,11-12H2,1H3,(H,21,24)(H2,22,23,25). The van der Waals surface area contributed by atoms with Crippen LogP contribution in [0.5, 0.6) is 0 Å². The molecule has 3 N–H and O–H groups in total. The van der Waals surface area contributed by atoms with Gasteiger partial charge in [-0.05, 0) is 55.2 Å². The minimum atomic E-state index is -0.230. The van der Waals surface area contributed by atoms with Gasteiger partial charge in [0.05, 0.1) is 0 Å². The van der Waals surface area contributed by atoms with Gasteiger partial charge >= 0.3 is 6.03 Å². The summed E-state index contributed by atoms with van der Waals surface area (Å²) < 4.78 is 0. The minimum absolute atomic E-state index is 0.200. The molecule has 1 aliphatic rings. The van der Waals surface area contributed by atoms with Crippen LogP contribution in [0.2, 0.25) is 0 Å². The minimum Gasteiger partial charge on any atom is -0.335 e. The Kier molecular flexibility index (Phi) is 5.33. The lowest BCUT2D eigenvalue weighted by molar-refractivity contribution is 0.102. The zero-order valence-electron chi connectivity index (χ0n) is 14.3. The second kappa shape index (κ2) is 7.83. The Morgan fingerprint density at radius 2 is 1.76 bits per heavy atom. The highest BCUT2D eigenvalue weighted by molar-refractivity contribution is 6.05. The summed E-state index contributed by atoms with van der Waals surface area (Å²) in [5.41, 5.74) is 3.12. The largest absolute Gasteiger partial charge is 0.335 e. The number of benzene rings is 2. The van der Waals surface area contributed by atoms with Gasteiger partial charge in [-0.2, -0.15) is 0 Å². The Morgan fingerprint density at radius 1 is 1.00 bits per heavy atom. The van der Waals surface area contributed by atoms with Gasteiger partial charge in [0.25, 0.3) is 5.91 Å². The molecule has 0 aliphatic heterocycles. The molecule has 1 fully saturated rings. The molecule has 5 nitrogen and oxygen atoms in total. The number of anilines is 2. The summed E-state index contributed by atoms with van der Waals surface area (Å²) in [4.78, 5) is 24.2. The summed E-state index contributed by atoms with van der Waals surface area (Å²) in [6.45, 7) is 2.14. The predicted octanol–water partition coefficient (Wildman–Crippen LogP) is 4.18. The fourth-order valence-electron chi connectivity index (χ4n) is 2.57. The molecular weight excluding hydrogens is 314 g/mol. The van der Waals surface area contributed by atoms with Crippen LogP contribution >= 0.6 is 0 Å². The summed E-state index contributed by atoms with van der Waals surface area (Å²) >= 11 is 0. The first-order valence-corrected chi connectivity index (χ1v) is 8.72. The lowest BCUT2D eigenvalue weighted by Crippen LogP contribution is -2.30. The Bertz CT molecular complexity index is 752. The fraction of sp³-hybridized carbons (Fsp3) is 0.300. The number of hydrogen-bond acceptors (Lipinski definition) is 2. The lowest BCUT2D eigenvalue weighted by Gasteiger charge is -2.09. The predicted molar refractivity (Wildman–Crippen MR) is 100 cm³/mol. The van der Waals surface area contributed by atoms with Crippen molar-refractivity contribution in [1.29, 1.82) is 0 Å². The first-order valence-electron chi connectivity index (χ1n) is 8.72. The van der Waals surface area contributed by atoms with Crippen LogP contribution in [-0.2, 0) is 6.42 Å². The normalized spacial score (nSPS) is 13.2. The van der Waals surface area contributed by atoms with Crippen LogP contribution in [0.25, 0.3) is 0 Å². The highest BCUT2D eigenvalue weighted by Crippen LogP contribution is 2.19. The van der Waals surface area contributed by atoms with E-state index in [-0.39, 0.29) is 11.9 Å². The van der Waals surface area contributed by atoms with E-state index in [1.807, 2.05) is 24.3 Å². The van der Waals surface area contributed by atoms with Crippen LogP contribution in [0.4, 0.5) is 16.2 Å². The van der Waals surface area contributed by atoms with Crippen LogP contribution in [0.1, 0.15) is 42.1 Å². The maximum absolute atomic E-state index is 12.4. The summed E-state index contributed by atoms with van der Waals surface area (Å²) in [5, 5.41) is 8.50. The third kappa shape index (κ3) is 5.08. The Morgan fingerprint density at radius 3 is 2.44 bits per heavy atom. The summed E-state index contributed by atoms with van der Waals surface area (Å²) in [6, 6.07) is 14.9. The van der Waals surface area contributed by atoms with E-state index in [1.165, 1.54) is 5.56 Å². The monoisotopic (exact) mass is 337 g/mol. The Hall–Kier alpha value is -2.82. The van der Waals surface area contributed by atoms with Crippen LogP contribution in [0.3, 0.4) is 0 Å². The molecule has 3 amide bonds. The molecule has 25 heavy (non-hydrogen) atoms. The van der Waals surface area contributed by atoms with Crippen molar-refractivity contribution < 1.29 is 9.59 Å². The molecule has 0 radical (unpaired) electrons. The molecule has 0 aromatic heterocycles. The number of rotatable bonds is 6. The van der Waals surface area contributed by atoms with Gasteiger partial charge in [0.2, 0.25) is 0 Å². The average molecular weight is 337 g/mol. The molecule has 130 valence electrons. The number of hydrogen-bond donors (Lipinski definition) is 3. The molecule has 0 heterocycles. The third-order valence-electron chi connectivity index (χ3n) is 4.05. The molecule has 2 aromatic carbocycles. The van der Waals surface area contributed by atoms with Crippen LogP contribution < -0.4 is 16.0 Å². The Balaban J connectivity index is 1.61. The van der Waals surface area contributed by atoms with Gasteiger partial charge < -0.3 is 16.0 Å². The van der Waals surface area contributed by atoms with Crippen molar-refractivity contribution in [2.75, 3.05) is 10.6 Å². The van der Waals surface area contributed by atoms with E-state index in [4.69, 9.17) is 0 Å². The summed E-state index contributed by atoms with van der Waals surface area (Å²) in [6.07, 6.45) is 4.20. The summed E-state index contributed by atoms with van der Waals surface area (Å²) in [5.74, 6) is -0.200. The van der Waals surface area contributed by atoms with Crippen molar-refractivity contribution in [1.82, 2.24) is 5.32 Å². The molecule has 0 bridgehead atoms. The molecule has 1 aliphatic carbocycles. The summed E-state index contributed by atoms with van der Waals surface area (Å²) in [7, 11) is 0. The van der Waals surface area contributed by atoms with Crippen molar-refractivity contribution in [3.63, 3.8) is 0 Å². The second-order valence-corrected chi connectivity index (χ2v) is 6.35. The third-order valence-corrected chi connectivity index (χ3v) is 4.05. The number of aryl methyl sites for hydroxylation is 1. The van der Waals surface area contributed by atoms with Crippen molar-refractivity contribution in [2.45, 2.75) is 38.6 Å². The van der Waals surface area contributed by atoms with Crippen LogP contribution in [-0.4, -0.2) is 18.0 Å². The van der Waals surface area contributed by atoms with Gasteiger partial charge in [0, 0.05) is 23.0 Å². The van der Waals surface area contributed by atoms with Gasteiger partial charge in [-0.3, -0.25) is 4.79 Å². The number of carbonyl (C=O) groups excluding carboxylic acids is 2. The molecule has 1 saturated carbocycles. The topological polar surface area (TPSA) is 70.2 Å². The molecule has 0 spiro atoms. The first kappa shape index (κ1) is 17.0. The highest BCUT2D eigenvalue weighted by Gasteiger charge is 2.23.